The maximum atomic E-state index is 12.6. The van der Waals surface area contributed by atoms with Crippen molar-refractivity contribution in [2.75, 3.05) is 6.61 Å². The van der Waals surface area contributed by atoms with Gasteiger partial charge in [-0.1, -0.05) is 5.16 Å². The molecule has 1 amide bonds. The Hall–Kier alpha value is -4.03. The van der Waals surface area contributed by atoms with Crippen LogP contribution < -0.4 is 10.1 Å². The number of rotatable bonds is 7. The summed E-state index contributed by atoms with van der Waals surface area (Å²) >= 11 is 0. The van der Waals surface area contributed by atoms with Gasteiger partial charge in [0.2, 0.25) is 11.8 Å². The lowest BCUT2D eigenvalue weighted by Gasteiger charge is -2.11. The van der Waals surface area contributed by atoms with Crippen molar-refractivity contribution in [2.45, 2.75) is 33.1 Å². The normalized spacial score (nSPS) is 11.7. The number of nitrogens with zero attached hydrogens (tertiary/aromatic N) is 6. The molecule has 4 heterocycles. The number of carbonyl (C=O) groups excluding carboxylic acids is 1. The van der Waals surface area contributed by atoms with Crippen molar-refractivity contribution in [3.05, 3.63) is 59.3 Å². The molecule has 0 unspecified atom stereocenters. The molecule has 0 aliphatic carbocycles. The lowest BCUT2D eigenvalue weighted by atomic mass is 10.2. The first-order valence-electron chi connectivity index (χ1n) is 9.72. The number of hydrogen-bond donors (Lipinski definition) is 1. The Morgan fingerprint density at radius 2 is 2.09 bits per heavy atom. The topological polar surface area (TPSA) is 121 Å². The Morgan fingerprint density at radius 1 is 1.27 bits per heavy atom. The number of halogens is 3. The molecule has 0 aromatic carbocycles. The van der Waals surface area contributed by atoms with E-state index in [-0.39, 0.29) is 24.7 Å². The number of alkyl halides is 3. The van der Waals surface area contributed by atoms with Crippen molar-refractivity contribution in [3.63, 3.8) is 0 Å². The van der Waals surface area contributed by atoms with Crippen molar-refractivity contribution in [1.82, 2.24) is 35.2 Å². The molecule has 4 aromatic rings. The number of hydrogen-bond acceptors (Lipinski definition) is 8. The van der Waals surface area contributed by atoms with E-state index >= 15 is 0 Å². The summed E-state index contributed by atoms with van der Waals surface area (Å²) in [5, 5.41) is 11.4. The molecule has 10 nitrogen and oxygen atoms in total. The van der Waals surface area contributed by atoms with Crippen molar-refractivity contribution in [2.24, 2.45) is 0 Å². The van der Waals surface area contributed by atoms with Crippen molar-refractivity contribution >= 4 is 16.8 Å². The third-order valence-corrected chi connectivity index (χ3v) is 4.48. The SMILES string of the molecule is Cc1nc(CNC(=O)c2nccc3nn(Cc4cnc(OCC(F)(F)F)c(C)c4)cc23)no1. The van der Waals surface area contributed by atoms with Gasteiger partial charge in [-0.15, -0.1) is 0 Å². The summed E-state index contributed by atoms with van der Waals surface area (Å²) in [4.78, 5) is 24.8. The molecule has 0 aliphatic heterocycles. The van der Waals surface area contributed by atoms with Crippen LogP contribution in [0.5, 0.6) is 5.88 Å². The molecule has 33 heavy (non-hydrogen) atoms. The maximum Gasteiger partial charge on any atom is 0.422 e. The van der Waals surface area contributed by atoms with Gasteiger partial charge in [-0.25, -0.2) is 4.98 Å². The molecule has 172 valence electrons. The van der Waals surface area contributed by atoms with Crippen LogP contribution in [0.4, 0.5) is 13.2 Å². The Balaban J connectivity index is 1.48. The summed E-state index contributed by atoms with van der Waals surface area (Å²) in [6, 6.07) is 3.34. The third kappa shape index (κ3) is 5.42. The molecular formula is C20H18F3N7O3. The number of aromatic nitrogens is 6. The average molecular weight is 461 g/mol. The molecule has 0 fully saturated rings. The van der Waals surface area contributed by atoms with Crippen LogP contribution in [0.2, 0.25) is 0 Å². The predicted molar refractivity (Wildman–Crippen MR) is 107 cm³/mol. The number of ether oxygens (including phenoxy) is 1. The molecule has 0 saturated carbocycles. The average Bonchev–Trinajstić information content (AvgIpc) is 3.35. The minimum absolute atomic E-state index is 0.0794. The second-order valence-electron chi connectivity index (χ2n) is 7.20. The second kappa shape index (κ2) is 8.84. The van der Waals surface area contributed by atoms with Crippen LogP contribution >= 0.6 is 0 Å². The maximum absolute atomic E-state index is 12.6. The van der Waals surface area contributed by atoms with Crippen LogP contribution in [0, 0.1) is 13.8 Å². The highest BCUT2D eigenvalue weighted by Crippen LogP contribution is 2.21. The first-order valence-corrected chi connectivity index (χ1v) is 9.72. The highest BCUT2D eigenvalue weighted by atomic mass is 19.4. The summed E-state index contributed by atoms with van der Waals surface area (Å²) in [7, 11) is 0. The summed E-state index contributed by atoms with van der Waals surface area (Å²) in [6.45, 7) is 2.21. The van der Waals surface area contributed by atoms with E-state index in [1.807, 2.05) is 0 Å². The molecule has 0 saturated heterocycles. The van der Waals surface area contributed by atoms with E-state index in [9.17, 15) is 18.0 Å². The number of pyridine rings is 2. The molecular weight excluding hydrogens is 443 g/mol. The smallest absolute Gasteiger partial charge is 0.422 e. The minimum atomic E-state index is -4.44. The van der Waals surface area contributed by atoms with Crippen LogP contribution in [0.25, 0.3) is 10.9 Å². The zero-order chi connectivity index (χ0) is 23.6. The quantitative estimate of drug-likeness (QED) is 0.446. The van der Waals surface area contributed by atoms with Crippen molar-refractivity contribution in [1.29, 1.82) is 0 Å². The monoisotopic (exact) mass is 461 g/mol. The fourth-order valence-corrected chi connectivity index (χ4v) is 3.11. The van der Waals surface area contributed by atoms with Gasteiger partial charge >= 0.3 is 6.18 Å². The van der Waals surface area contributed by atoms with E-state index in [1.54, 1.807) is 36.9 Å². The molecule has 0 radical (unpaired) electrons. The molecule has 4 aromatic heterocycles. The first kappa shape index (κ1) is 22.2. The van der Waals surface area contributed by atoms with E-state index in [4.69, 9.17) is 9.26 Å². The van der Waals surface area contributed by atoms with Crippen LogP contribution in [-0.2, 0) is 13.1 Å². The van der Waals surface area contributed by atoms with Crippen molar-refractivity contribution in [3.8, 4) is 5.88 Å². The Bertz CT molecular complexity index is 1300. The Kier molecular flexibility index (Phi) is 5.94. The van der Waals surface area contributed by atoms with Gasteiger partial charge < -0.3 is 14.6 Å². The zero-order valence-corrected chi connectivity index (χ0v) is 17.5. The fourth-order valence-electron chi connectivity index (χ4n) is 3.11. The number of carbonyl (C=O) groups is 1. The van der Waals surface area contributed by atoms with E-state index in [1.165, 1.54) is 12.4 Å². The van der Waals surface area contributed by atoms with Crippen molar-refractivity contribution < 1.29 is 27.2 Å². The second-order valence-corrected chi connectivity index (χ2v) is 7.20. The van der Waals surface area contributed by atoms with Gasteiger partial charge in [-0.2, -0.15) is 23.3 Å². The highest BCUT2D eigenvalue weighted by Gasteiger charge is 2.29. The van der Waals surface area contributed by atoms with Gasteiger partial charge in [0.15, 0.2) is 12.4 Å². The highest BCUT2D eigenvalue weighted by molar-refractivity contribution is 6.04. The Morgan fingerprint density at radius 3 is 2.79 bits per heavy atom. The summed E-state index contributed by atoms with van der Waals surface area (Å²) in [5.74, 6) is 0.229. The fraction of sp³-hybridized carbons (Fsp3) is 0.300. The lowest BCUT2D eigenvalue weighted by Crippen LogP contribution is -2.24. The van der Waals surface area contributed by atoms with Crippen LogP contribution in [0.1, 0.15) is 33.3 Å². The number of fused-ring (bicyclic) bond motifs is 1. The van der Waals surface area contributed by atoms with E-state index in [2.05, 4.69) is 30.5 Å². The molecule has 1 N–H and O–H groups in total. The van der Waals surface area contributed by atoms with Gasteiger partial charge in [0.05, 0.1) is 24.0 Å². The lowest BCUT2D eigenvalue weighted by molar-refractivity contribution is -0.154. The van der Waals surface area contributed by atoms with E-state index in [0.717, 1.165) is 0 Å². The van der Waals surface area contributed by atoms with Crippen LogP contribution in [-0.4, -0.2) is 48.6 Å². The predicted octanol–water partition coefficient (Wildman–Crippen LogP) is 2.75. The van der Waals surface area contributed by atoms with E-state index in [0.29, 0.717) is 33.7 Å². The van der Waals surface area contributed by atoms with E-state index < -0.39 is 18.7 Å². The Labute approximate surface area is 184 Å². The number of nitrogens with one attached hydrogen (secondary N) is 1. The molecule has 0 aliphatic rings. The van der Waals surface area contributed by atoms with Gasteiger partial charge in [-0.3, -0.25) is 14.5 Å². The molecule has 0 bridgehead atoms. The molecule has 13 heteroatoms. The van der Waals surface area contributed by atoms with Gasteiger partial charge in [0.25, 0.3) is 5.91 Å². The van der Waals surface area contributed by atoms with Gasteiger partial charge in [0, 0.05) is 31.1 Å². The molecule has 0 spiro atoms. The summed E-state index contributed by atoms with van der Waals surface area (Å²) < 4.78 is 48.3. The first-order chi connectivity index (χ1) is 15.7. The van der Waals surface area contributed by atoms with Crippen LogP contribution in [0.3, 0.4) is 0 Å². The standard InChI is InChI=1S/C20H18F3N7O3/c1-11-5-13(6-26-19(11)32-10-20(21,22)23)8-30-9-14-15(28-30)3-4-24-17(14)18(31)25-7-16-27-12(2)33-29-16/h3-6,9H,7-8,10H2,1-2H3,(H,25,31). The minimum Gasteiger partial charge on any atom is -0.468 e. The van der Waals surface area contributed by atoms with Gasteiger partial charge in [-0.05, 0) is 24.6 Å². The summed E-state index contributed by atoms with van der Waals surface area (Å²) in [5.41, 5.74) is 1.91. The number of amides is 1. The largest absolute Gasteiger partial charge is 0.468 e. The molecule has 4 rings (SSSR count). The number of aryl methyl sites for hydroxylation is 2. The third-order valence-electron chi connectivity index (χ3n) is 4.48. The molecule has 0 atom stereocenters. The van der Waals surface area contributed by atoms with Crippen LogP contribution in [0.15, 0.2) is 35.2 Å². The summed E-state index contributed by atoms with van der Waals surface area (Å²) in [6.07, 6.45) is 0.124. The zero-order valence-electron chi connectivity index (χ0n) is 17.5. The van der Waals surface area contributed by atoms with Gasteiger partial charge in [0.1, 0.15) is 5.69 Å².